The first-order chi connectivity index (χ1) is 11.7. The fourth-order valence-corrected chi connectivity index (χ4v) is 6.12. The molecule has 4 nitrogen and oxygen atoms in total. The van der Waals surface area contributed by atoms with Gasteiger partial charge in [0.25, 0.3) is 5.70 Å². The number of anilines is 1. The van der Waals surface area contributed by atoms with Crippen LogP contribution in [0, 0.1) is 6.57 Å². The summed E-state index contributed by atoms with van der Waals surface area (Å²) in [4.78, 5) is 18.5. The Morgan fingerprint density at radius 3 is 2.40 bits per heavy atom. The van der Waals surface area contributed by atoms with Crippen molar-refractivity contribution in [2.24, 2.45) is 0 Å². The second kappa shape index (κ2) is 6.45. The Morgan fingerprint density at radius 1 is 1.16 bits per heavy atom. The topological polar surface area (TPSA) is 33.9 Å². The quantitative estimate of drug-likeness (QED) is 0.320. The van der Waals surface area contributed by atoms with E-state index in [0.717, 1.165) is 4.88 Å². The number of thiophene rings is 3. The van der Waals surface area contributed by atoms with Crippen LogP contribution in [0.15, 0.2) is 17.8 Å². The van der Waals surface area contributed by atoms with Gasteiger partial charge in [-0.15, -0.1) is 34.0 Å². The summed E-state index contributed by atoms with van der Waals surface area (Å²) in [5, 5.41) is 1.23. The zero-order chi connectivity index (χ0) is 18.4. The van der Waals surface area contributed by atoms with Gasteiger partial charge in [-0.05, 0) is 39.0 Å². The summed E-state index contributed by atoms with van der Waals surface area (Å²) in [5.41, 5.74) is -0.595. The van der Waals surface area contributed by atoms with Crippen LogP contribution < -0.4 is 4.90 Å². The van der Waals surface area contributed by atoms with Crippen molar-refractivity contribution in [2.75, 3.05) is 19.0 Å². The minimum atomic E-state index is -0.609. The maximum absolute atomic E-state index is 12.1. The van der Waals surface area contributed by atoms with E-state index in [4.69, 9.17) is 11.3 Å². The van der Waals surface area contributed by atoms with Gasteiger partial charge in [0.1, 0.15) is 5.60 Å². The molecule has 0 amide bonds. The van der Waals surface area contributed by atoms with Gasteiger partial charge in [-0.3, -0.25) is 4.79 Å². The van der Waals surface area contributed by atoms with E-state index < -0.39 is 11.6 Å². The number of fused-ring (bicyclic) bond motifs is 3. The Hall–Kier alpha value is -1.88. The predicted molar refractivity (Wildman–Crippen MR) is 110 cm³/mol. The molecule has 3 aromatic rings. The van der Waals surface area contributed by atoms with Crippen LogP contribution in [0.5, 0.6) is 0 Å². The molecular formula is C18H18N2O2S3. The van der Waals surface area contributed by atoms with Crippen molar-refractivity contribution < 1.29 is 9.53 Å². The highest BCUT2D eigenvalue weighted by atomic mass is 32.1. The number of carbonyl (C=O) groups excluding carboxylic acids is 1. The standard InChI is InChI=1S/C18H18N2O2S3/c1-18(2,3)22-17(21)11(19-4)7-10-8-12-15(23-10)16-13(24-12)9-14(25-16)20(5)6/h7-9H,1-3,5-6H3/b11-7-. The van der Waals surface area contributed by atoms with Gasteiger partial charge in [-0.2, -0.15) is 0 Å². The molecule has 0 saturated carbocycles. The lowest BCUT2D eigenvalue weighted by atomic mass is 10.2. The number of rotatable bonds is 3. The van der Waals surface area contributed by atoms with E-state index in [-0.39, 0.29) is 5.70 Å². The fraction of sp³-hybridized carbons (Fsp3) is 0.333. The SMILES string of the molecule is [C-]#[N+]/C(=C\c1cc2sc3cc(N(C)C)sc3c2s1)C(=O)OC(C)(C)C. The van der Waals surface area contributed by atoms with Crippen LogP contribution in [0.4, 0.5) is 5.00 Å². The van der Waals surface area contributed by atoms with Gasteiger partial charge in [-0.1, -0.05) is 0 Å². The molecule has 3 aromatic heterocycles. The Balaban J connectivity index is 1.98. The zero-order valence-corrected chi connectivity index (χ0v) is 17.1. The summed E-state index contributed by atoms with van der Waals surface area (Å²) >= 11 is 5.13. The molecule has 0 saturated heterocycles. The molecule has 0 radical (unpaired) electrons. The van der Waals surface area contributed by atoms with Gasteiger partial charge in [0.05, 0.1) is 21.0 Å². The normalized spacial score (nSPS) is 12.6. The molecule has 3 heterocycles. The molecule has 130 valence electrons. The largest absolute Gasteiger partial charge is 0.465 e. The Morgan fingerprint density at radius 2 is 1.80 bits per heavy atom. The second-order valence-electron chi connectivity index (χ2n) is 6.76. The van der Waals surface area contributed by atoms with Gasteiger partial charge < -0.3 is 9.64 Å². The van der Waals surface area contributed by atoms with E-state index in [2.05, 4.69) is 15.8 Å². The molecule has 25 heavy (non-hydrogen) atoms. The number of hydrogen-bond acceptors (Lipinski definition) is 6. The molecule has 0 atom stereocenters. The number of ether oxygens (including phenoxy) is 1. The Kier molecular flexibility index (Phi) is 4.62. The molecular weight excluding hydrogens is 372 g/mol. The van der Waals surface area contributed by atoms with Gasteiger partial charge in [0.2, 0.25) is 0 Å². The third-order valence-corrected chi connectivity index (χ3v) is 7.17. The van der Waals surface area contributed by atoms with E-state index in [1.165, 1.54) is 23.8 Å². The van der Waals surface area contributed by atoms with Crippen LogP contribution in [0.25, 0.3) is 29.7 Å². The van der Waals surface area contributed by atoms with Crippen LogP contribution in [0.3, 0.4) is 0 Å². The minimum Gasteiger partial charge on any atom is -0.465 e. The van der Waals surface area contributed by atoms with Crippen molar-refractivity contribution in [3.63, 3.8) is 0 Å². The average molecular weight is 391 g/mol. The highest BCUT2D eigenvalue weighted by molar-refractivity contribution is 7.39. The molecule has 0 aliphatic carbocycles. The molecule has 7 heteroatoms. The first-order valence-electron chi connectivity index (χ1n) is 7.63. The molecule has 0 unspecified atom stereocenters. The predicted octanol–water partition coefficient (Wildman–Crippen LogP) is 5.85. The van der Waals surface area contributed by atoms with Crippen molar-refractivity contribution in [3.05, 3.63) is 34.1 Å². The molecule has 3 rings (SSSR count). The van der Waals surface area contributed by atoms with Gasteiger partial charge in [0.15, 0.2) is 0 Å². The van der Waals surface area contributed by atoms with Gasteiger partial charge >= 0.3 is 5.97 Å². The molecule has 0 aromatic carbocycles. The van der Waals surface area contributed by atoms with Crippen molar-refractivity contribution in [1.82, 2.24) is 0 Å². The molecule has 0 aliphatic heterocycles. The van der Waals surface area contributed by atoms with E-state index in [0.29, 0.717) is 0 Å². The van der Waals surface area contributed by atoms with E-state index in [9.17, 15) is 4.79 Å². The third-order valence-electron chi connectivity index (χ3n) is 3.28. The van der Waals surface area contributed by atoms with Crippen LogP contribution in [0.2, 0.25) is 0 Å². The molecule has 0 aliphatic rings. The lowest BCUT2D eigenvalue weighted by Gasteiger charge is -2.19. The van der Waals surface area contributed by atoms with E-state index >= 15 is 0 Å². The highest BCUT2D eigenvalue weighted by Crippen LogP contribution is 2.46. The molecule has 0 N–H and O–H groups in total. The monoisotopic (exact) mass is 390 g/mol. The smallest absolute Gasteiger partial charge is 0.336 e. The molecule has 0 spiro atoms. The first-order valence-corrected chi connectivity index (χ1v) is 10.1. The summed E-state index contributed by atoms with van der Waals surface area (Å²) < 4.78 is 10.3. The summed E-state index contributed by atoms with van der Waals surface area (Å²) in [6.07, 6.45) is 1.63. The van der Waals surface area contributed by atoms with Crippen molar-refractivity contribution in [3.8, 4) is 0 Å². The summed E-state index contributed by atoms with van der Waals surface area (Å²) in [7, 11) is 4.08. The summed E-state index contributed by atoms with van der Waals surface area (Å²) in [5.74, 6) is -0.574. The van der Waals surface area contributed by atoms with Gasteiger partial charge in [-0.25, -0.2) is 4.85 Å². The van der Waals surface area contributed by atoms with Crippen LogP contribution >= 0.6 is 34.0 Å². The third kappa shape index (κ3) is 3.71. The summed E-state index contributed by atoms with van der Waals surface area (Å²) in [6, 6.07) is 4.25. The van der Waals surface area contributed by atoms with Crippen molar-refractivity contribution in [2.45, 2.75) is 26.4 Å². The molecule has 0 fully saturated rings. The van der Waals surface area contributed by atoms with Gasteiger partial charge in [0, 0.05) is 28.4 Å². The highest BCUT2D eigenvalue weighted by Gasteiger charge is 2.21. The number of nitrogens with zero attached hydrogens (tertiary/aromatic N) is 2. The fourth-order valence-electron chi connectivity index (χ4n) is 2.23. The van der Waals surface area contributed by atoms with E-state index in [1.54, 1.807) is 60.9 Å². The minimum absolute atomic E-state index is 0.0141. The average Bonchev–Trinajstić information content (AvgIpc) is 3.12. The van der Waals surface area contributed by atoms with E-state index in [1.807, 2.05) is 20.2 Å². The lowest BCUT2D eigenvalue weighted by Crippen LogP contribution is -2.24. The zero-order valence-electron chi connectivity index (χ0n) is 14.7. The number of esters is 1. The molecule has 0 bridgehead atoms. The van der Waals surface area contributed by atoms with Crippen LogP contribution in [-0.2, 0) is 9.53 Å². The second-order valence-corrected chi connectivity index (χ2v) is 9.96. The maximum atomic E-state index is 12.1. The van der Waals surface area contributed by atoms with Crippen molar-refractivity contribution in [1.29, 1.82) is 0 Å². The van der Waals surface area contributed by atoms with Crippen molar-refractivity contribution >= 4 is 69.9 Å². The van der Waals surface area contributed by atoms with Crippen LogP contribution in [-0.4, -0.2) is 25.7 Å². The number of carbonyl (C=O) groups is 1. The van der Waals surface area contributed by atoms with Crippen LogP contribution in [0.1, 0.15) is 25.6 Å². The lowest BCUT2D eigenvalue weighted by molar-refractivity contribution is -0.149. The Bertz CT molecular complexity index is 1020. The summed E-state index contributed by atoms with van der Waals surface area (Å²) in [6.45, 7) is 12.7. The Labute approximate surface area is 158 Å². The maximum Gasteiger partial charge on any atom is 0.336 e. The number of hydrogen-bond donors (Lipinski definition) is 0. The first kappa shape index (κ1) is 17.9.